The molecule has 1 aliphatic heterocycles. The Morgan fingerprint density at radius 2 is 1.10 bits per heavy atom. The highest BCUT2D eigenvalue weighted by Gasteiger charge is 2.44. The Labute approximate surface area is 365 Å². The maximum absolute atomic E-state index is 13.1. The van der Waals surface area contributed by atoms with Gasteiger partial charge in [0, 0.05) is 0 Å². The van der Waals surface area contributed by atoms with Gasteiger partial charge in [0.05, 0.1) is 25.4 Å². The van der Waals surface area contributed by atoms with Gasteiger partial charge in [-0.15, -0.1) is 0 Å². The average molecular weight is 856 g/mol. The van der Waals surface area contributed by atoms with Crippen LogP contribution in [0, 0.1) is 11.8 Å². The molecule has 0 radical (unpaired) electrons. The molecule has 0 aromatic rings. The van der Waals surface area contributed by atoms with Crippen molar-refractivity contribution in [2.24, 2.45) is 11.8 Å². The first-order chi connectivity index (χ1) is 29.1. The summed E-state index contributed by atoms with van der Waals surface area (Å²) < 4.78 is 11.1. The predicted octanol–water partition coefficient (Wildman–Crippen LogP) is 8.31. The molecule has 8 N–H and O–H groups in total. The third-order valence-corrected chi connectivity index (χ3v) is 13.0. The van der Waals surface area contributed by atoms with Crippen molar-refractivity contribution >= 4 is 5.91 Å². The van der Waals surface area contributed by atoms with Crippen LogP contribution in [0.15, 0.2) is 12.2 Å². The second kappa shape index (κ2) is 35.2. The summed E-state index contributed by atoms with van der Waals surface area (Å²) in [5.41, 5.74) is 0. The first-order valence-electron chi connectivity index (χ1n) is 25.1. The Kier molecular flexibility index (Phi) is 32.3. The number of aliphatic hydroxyl groups excluding tert-OH is 7. The van der Waals surface area contributed by atoms with Crippen molar-refractivity contribution in [1.29, 1.82) is 0 Å². The minimum atomic E-state index is -1.66. The van der Waals surface area contributed by atoms with Crippen LogP contribution in [0.25, 0.3) is 0 Å². The van der Waals surface area contributed by atoms with Crippen LogP contribution in [0.5, 0.6) is 0 Å². The number of carbonyl (C=O) groups is 1. The van der Waals surface area contributed by atoms with E-state index in [1.54, 1.807) is 0 Å². The number of rotatable bonds is 40. The normalized spacial score (nSPS) is 25.1. The summed E-state index contributed by atoms with van der Waals surface area (Å²) in [4.78, 5) is 13.1. The zero-order valence-corrected chi connectivity index (χ0v) is 38.2. The third-order valence-electron chi connectivity index (χ3n) is 13.0. The zero-order chi connectivity index (χ0) is 43.8. The summed E-state index contributed by atoms with van der Waals surface area (Å²) >= 11 is 0. The van der Waals surface area contributed by atoms with Crippen molar-refractivity contribution in [3.63, 3.8) is 0 Å². The van der Waals surface area contributed by atoms with Crippen molar-refractivity contribution < 1.29 is 50.0 Å². The molecule has 60 heavy (non-hydrogen) atoms. The molecule has 0 aromatic carbocycles. The molecule has 1 amide bonds. The molecule has 2 aliphatic rings. The van der Waals surface area contributed by atoms with Gasteiger partial charge in [-0.3, -0.25) is 4.79 Å². The smallest absolute Gasteiger partial charge is 0.249 e. The Hall–Kier alpha value is -1.15. The fourth-order valence-electron chi connectivity index (χ4n) is 8.73. The minimum absolute atomic E-state index is 0.262. The van der Waals surface area contributed by atoms with E-state index in [1.165, 1.54) is 135 Å². The number of unbranched alkanes of at least 4 members (excludes halogenated alkanes) is 22. The van der Waals surface area contributed by atoms with E-state index in [2.05, 4.69) is 31.3 Å². The fourth-order valence-corrected chi connectivity index (χ4v) is 8.73. The van der Waals surface area contributed by atoms with Crippen LogP contribution in [-0.2, 0) is 14.3 Å². The van der Waals surface area contributed by atoms with E-state index in [0.717, 1.165) is 50.4 Å². The lowest BCUT2D eigenvalue weighted by Gasteiger charge is -2.40. The van der Waals surface area contributed by atoms with Crippen molar-refractivity contribution in [3.05, 3.63) is 12.2 Å². The topological polar surface area (TPSA) is 189 Å². The summed E-state index contributed by atoms with van der Waals surface area (Å²) in [6, 6.07) is -1.16. The highest BCUT2D eigenvalue weighted by Crippen LogP contribution is 2.45. The van der Waals surface area contributed by atoms with Gasteiger partial charge < -0.3 is 50.5 Å². The van der Waals surface area contributed by atoms with E-state index in [1.807, 2.05) is 0 Å². The second-order valence-corrected chi connectivity index (χ2v) is 18.5. The molecule has 1 saturated heterocycles. The number of amides is 1. The molecule has 1 saturated carbocycles. The van der Waals surface area contributed by atoms with Crippen LogP contribution in [-0.4, -0.2) is 110 Å². The largest absolute Gasteiger partial charge is 0.394 e. The standard InChI is InChI=1S/C49H93NO10/c1-3-5-7-9-10-11-12-13-14-15-16-17-18-19-20-21-26-30-34-42(53)48(58)50-40(37-59-49-47(57)46(56)45(55)43(36-51)60-49)44(54)41(52)33-29-25-23-22-24-28-32-39-35-38(39)31-27-8-6-4-2/h11-12,38-47,49,51-57H,3-10,13-37H2,1-2H3,(H,50,58)/b12-11-/t38-,39+,40+,41-,42+,43-,44+,45-,46+,47-,49-/m1/s1. The third kappa shape index (κ3) is 24.6. The molecule has 354 valence electrons. The molecule has 11 nitrogen and oxygen atoms in total. The van der Waals surface area contributed by atoms with Crippen molar-refractivity contribution in [2.45, 2.75) is 268 Å². The molecular weight excluding hydrogens is 763 g/mol. The highest BCUT2D eigenvalue weighted by atomic mass is 16.7. The van der Waals surface area contributed by atoms with Crippen molar-refractivity contribution in [1.82, 2.24) is 5.32 Å². The van der Waals surface area contributed by atoms with E-state index in [4.69, 9.17) is 9.47 Å². The minimum Gasteiger partial charge on any atom is -0.394 e. The number of ether oxygens (including phenoxy) is 2. The van der Waals surface area contributed by atoms with Gasteiger partial charge in [0.15, 0.2) is 6.29 Å². The number of nitrogens with one attached hydrogen (secondary N) is 1. The van der Waals surface area contributed by atoms with Crippen LogP contribution >= 0.6 is 0 Å². The first-order valence-corrected chi connectivity index (χ1v) is 25.1. The molecule has 1 aliphatic carbocycles. The van der Waals surface area contributed by atoms with Gasteiger partial charge in [-0.1, -0.05) is 180 Å². The molecule has 2 fully saturated rings. The first kappa shape index (κ1) is 55.0. The van der Waals surface area contributed by atoms with E-state index < -0.39 is 74.2 Å². The fraction of sp³-hybridized carbons (Fsp3) is 0.939. The monoisotopic (exact) mass is 856 g/mol. The van der Waals surface area contributed by atoms with Crippen LogP contribution < -0.4 is 5.32 Å². The van der Waals surface area contributed by atoms with E-state index in [-0.39, 0.29) is 6.42 Å². The number of hydrogen-bond acceptors (Lipinski definition) is 10. The van der Waals surface area contributed by atoms with Gasteiger partial charge in [-0.25, -0.2) is 0 Å². The van der Waals surface area contributed by atoms with Gasteiger partial charge >= 0.3 is 0 Å². The van der Waals surface area contributed by atoms with E-state index >= 15 is 0 Å². The molecule has 11 atom stereocenters. The zero-order valence-electron chi connectivity index (χ0n) is 38.2. The number of hydrogen-bond donors (Lipinski definition) is 8. The predicted molar refractivity (Wildman–Crippen MR) is 240 cm³/mol. The Morgan fingerprint density at radius 3 is 1.63 bits per heavy atom. The summed E-state index contributed by atoms with van der Waals surface area (Å²) in [5.74, 6) is 1.21. The average Bonchev–Trinajstić information content (AvgIpc) is 4.01. The molecule has 11 heteroatoms. The maximum atomic E-state index is 13.1. The van der Waals surface area contributed by atoms with E-state index in [9.17, 15) is 40.5 Å². The Bertz CT molecular complexity index is 1050. The summed E-state index contributed by atoms with van der Waals surface area (Å²) in [6.07, 6.45) is 28.7. The summed E-state index contributed by atoms with van der Waals surface area (Å²) in [7, 11) is 0. The molecule has 0 bridgehead atoms. The van der Waals surface area contributed by atoms with Gasteiger partial charge in [0.25, 0.3) is 0 Å². The van der Waals surface area contributed by atoms with Crippen LogP contribution in [0.1, 0.15) is 213 Å². The van der Waals surface area contributed by atoms with Gasteiger partial charge in [0.2, 0.25) is 5.91 Å². The second-order valence-electron chi connectivity index (χ2n) is 18.5. The lowest BCUT2D eigenvalue weighted by molar-refractivity contribution is -0.303. The number of allylic oxidation sites excluding steroid dienone is 2. The quantitative estimate of drug-likeness (QED) is 0.0220. The molecule has 2 rings (SSSR count). The SMILES string of the molecule is CCCCCC/C=C\CCCCCCCCCCCC[C@H](O)C(=O)N[C@@H](CO[C@@H]1O[C@H](CO)[C@@H](O)[C@H](O)[C@H]1O)[C@H](O)[C@H](O)CCCCCCCC[C@H]1C[C@H]1CCCCCC. The maximum Gasteiger partial charge on any atom is 0.249 e. The Morgan fingerprint density at radius 1 is 0.633 bits per heavy atom. The van der Waals surface area contributed by atoms with Crippen LogP contribution in [0.2, 0.25) is 0 Å². The summed E-state index contributed by atoms with van der Waals surface area (Å²) in [6.45, 7) is 3.46. The van der Waals surface area contributed by atoms with Crippen LogP contribution in [0.3, 0.4) is 0 Å². The van der Waals surface area contributed by atoms with Gasteiger partial charge in [-0.05, 0) is 56.8 Å². The lowest BCUT2D eigenvalue weighted by Crippen LogP contribution is -2.60. The van der Waals surface area contributed by atoms with Gasteiger partial charge in [0.1, 0.15) is 36.6 Å². The molecule has 0 spiro atoms. The highest BCUT2D eigenvalue weighted by molar-refractivity contribution is 5.80. The molecule has 0 aromatic heterocycles. The van der Waals surface area contributed by atoms with Crippen molar-refractivity contribution in [2.75, 3.05) is 13.2 Å². The van der Waals surface area contributed by atoms with Gasteiger partial charge in [-0.2, -0.15) is 0 Å². The number of aliphatic hydroxyl groups is 7. The molecule has 1 heterocycles. The summed E-state index contributed by atoms with van der Waals surface area (Å²) in [5, 5.41) is 75.9. The molecule has 0 unspecified atom stereocenters. The Balaban J connectivity index is 1.67. The molecular formula is C49H93NO10. The lowest BCUT2D eigenvalue weighted by atomic mass is 9.98. The number of carbonyl (C=O) groups excluding carboxylic acids is 1. The van der Waals surface area contributed by atoms with Crippen molar-refractivity contribution in [3.8, 4) is 0 Å². The van der Waals surface area contributed by atoms with Crippen LogP contribution in [0.4, 0.5) is 0 Å². The van der Waals surface area contributed by atoms with E-state index in [0.29, 0.717) is 19.3 Å².